The van der Waals surface area contributed by atoms with E-state index in [1.54, 1.807) is 18.2 Å². The van der Waals surface area contributed by atoms with E-state index in [1.165, 1.54) is 34.8 Å². The van der Waals surface area contributed by atoms with Crippen LogP contribution < -0.4 is 16.4 Å². The highest BCUT2D eigenvalue weighted by molar-refractivity contribution is 5.83. The molecule has 5 aromatic rings. The number of aryl methyl sites for hydroxylation is 1. The monoisotopic (exact) mass is 598 g/mol. The zero-order valence-electron chi connectivity index (χ0n) is 25.4. The Balaban J connectivity index is 1.42. The maximum absolute atomic E-state index is 15.3. The molecule has 1 aliphatic rings. The molecule has 0 fully saturated rings. The number of benzene rings is 1. The normalized spacial score (nSPS) is 13.8. The molecule has 1 aromatic carbocycles. The van der Waals surface area contributed by atoms with Crippen LogP contribution in [0, 0.1) is 5.82 Å². The number of aliphatic hydroxyl groups excluding tert-OH is 1. The number of nitrogens with one attached hydrogen (secondary N) is 1. The Bertz CT molecular complexity index is 2020. The van der Waals surface area contributed by atoms with E-state index in [-0.39, 0.29) is 27.9 Å². The molecule has 0 bridgehead atoms. The summed E-state index contributed by atoms with van der Waals surface area (Å²) in [6.45, 7) is 11.0. The molecule has 44 heavy (non-hydrogen) atoms. The number of hydrogen-bond donors (Lipinski definition) is 2. The van der Waals surface area contributed by atoms with Crippen molar-refractivity contribution in [2.24, 2.45) is 7.05 Å². The maximum atomic E-state index is 15.3. The number of likely N-dealkylation sites (N-methyl/N-ethyl adjacent to an activating group) is 1. The molecule has 0 amide bonds. The average Bonchev–Trinajstić information content (AvgIpc) is 3.40. The van der Waals surface area contributed by atoms with Gasteiger partial charge in [0.05, 0.1) is 29.9 Å². The van der Waals surface area contributed by atoms with Gasteiger partial charge in [-0.3, -0.25) is 23.7 Å². The van der Waals surface area contributed by atoms with Gasteiger partial charge in [0.1, 0.15) is 17.3 Å². The quantitative estimate of drug-likeness (QED) is 0.302. The molecule has 4 aromatic heterocycles. The van der Waals surface area contributed by atoms with E-state index < -0.39 is 18.0 Å². The van der Waals surface area contributed by atoms with Gasteiger partial charge in [-0.05, 0) is 47.2 Å². The maximum Gasteiger partial charge on any atom is 0.290 e. The van der Waals surface area contributed by atoms with Gasteiger partial charge in [0.2, 0.25) is 0 Å². The lowest BCUT2D eigenvalue weighted by Gasteiger charge is -2.25. The largest absolute Gasteiger partial charge is 0.392 e. The molecular weight excluding hydrogens is 563 g/mol. The van der Waals surface area contributed by atoms with Crippen molar-refractivity contribution in [1.29, 1.82) is 0 Å². The fourth-order valence-corrected chi connectivity index (χ4v) is 5.63. The minimum Gasteiger partial charge on any atom is -0.392 e. The van der Waals surface area contributed by atoms with E-state index in [2.05, 4.69) is 32.3 Å². The Hall–Kier alpha value is -4.68. The highest BCUT2D eigenvalue weighted by atomic mass is 19.1. The number of nitrogens with zero attached hydrogens (tertiary/aromatic N) is 7. The van der Waals surface area contributed by atoms with Crippen LogP contribution in [0.4, 0.5) is 15.9 Å². The lowest BCUT2D eigenvalue weighted by atomic mass is 9.86. The van der Waals surface area contributed by atoms with Gasteiger partial charge in [-0.25, -0.2) is 14.1 Å². The first-order valence-electron chi connectivity index (χ1n) is 14.6. The van der Waals surface area contributed by atoms with Crippen molar-refractivity contribution >= 4 is 22.3 Å². The molecule has 0 atom stereocenters. The van der Waals surface area contributed by atoms with Crippen LogP contribution in [0.3, 0.4) is 0 Å². The highest BCUT2D eigenvalue weighted by Crippen LogP contribution is 2.30. The third-order valence-corrected chi connectivity index (χ3v) is 8.17. The van der Waals surface area contributed by atoms with Crippen molar-refractivity contribution in [3.8, 4) is 17.1 Å². The SMILES string of the molecule is CCN1CCn2nc(Nc3cc(-c4ccnc(-n5ccc6cc(C(C)(C)C)cc(F)c6c5=O)c4CO)nn(C)c3=O)cc2C1. The van der Waals surface area contributed by atoms with E-state index in [1.807, 2.05) is 37.6 Å². The average molecular weight is 599 g/mol. The summed E-state index contributed by atoms with van der Waals surface area (Å²) < 4.78 is 19.7. The standard InChI is InChI=1S/C32H35FN8O3/c1-6-39-11-12-41-21(17-39)15-27(37-41)35-26-16-25(36-38(5)30(26)43)22-7-9-34-29(23(22)18-42)40-10-8-19-13-20(32(2,3)4)14-24(33)28(19)31(40)44/h7-10,13-16,42H,6,11-12,17-18H2,1-5H3,(H,35,37). The van der Waals surface area contributed by atoms with Gasteiger partial charge in [0, 0.05) is 49.7 Å². The van der Waals surface area contributed by atoms with Crippen LogP contribution in [0.1, 0.15) is 44.5 Å². The number of hydrogen-bond acceptors (Lipinski definition) is 8. The summed E-state index contributed by atoms with van der Waals surface area (Å²) in [7, 11) is 1.54. The van der Waals surface area contributed by atoms with Gasteiger partial charge in [-0.1, -0.05) is 33.8 Å². The molecule has 1 aliphatic heterocycles. The molecule has 0 saturated heterocycles. The summed E-state index contributed by atoms with van der Waals surface area (Å²) >= 11 is 0. The van der Waals surface area contributed by atoms with E-state index >= 15 is 4.39 Å². The van der Waals surface area contributed by atoms with Crippen LogP contribution >= 0.6 is 0 Å². The molecule has 0 unspecified atom stereocenters. The molecule has 2 N–H and O–H groups in total. The summed E-state index contributed by atoms with van der Waals surface area (Å²) in [4.78, 5) is 33.4. The summed E-state index contributed by atoms with van der Waals surface area (Å²) in [6.07, 6.45) is 3.02. The summed E-state index contributed by atoms with van der Waals surface area (Å²) in [5.41, 5.74) is 1.98. The minimum absolute atomic E-state index is 0.0619. The topological polar surface area (TPSA) is 123 Å². The van der Waals surface area contributed by atoms with Gasteiger partial charge in [-0.15, -0.1) is 0 Å². The molecule has 11 nitrogen and oxygen atoms in total. The van der Waals surface area contributed by atoms with E-state index in [0.717, 1.165) is 37.4 Å². The first-order chi connectivity index (χ1) is 21.0. The molecule has 228 valence electrons. The Kier molecular flexibility index (Phi) is 7.42. The Morgan fingerprint density at radius 3 is 2.57 bits per heavy atom. The van der Waals surface area contributed by atoms with E-state index in [9.17, 15) is 14.7 Å². The summed E-state index contributed by atoms with van der Waals surface area (Å²) in [5.74, 6) is 0.0697. The van der Waals surface area contributed by atoms with Crippen LogP contribution in [0.5, 0.6) is 0 Å². The molecule has 5 heterocycles. The lowest BCUT2D eigenvalue weighted by Crippen LogP contribution is -2.33. The molecule has 0 aliphatic carbocycles. The van der Waals surface area contributed by atoms with Gasteiger partial charge in [0.25, 0.3) is 11.1 Å². The zero-order chi connectivity index (χ0) is 31.3. The molecular formula is C32H35FN8O3. The first-order valence-corrected chi connectivity index (χ1v) is 14.6. The summed E-state index contributed by atoms with van der Waals surface area (Å²) in [5, 5.41) is 23.1. The highest BCUT2D eigenvalue weighted by Gasteiger charge is 2.22. The Morgan fingerprint density at radius 1 is 1.05 bits per heavy atom. The van der Waals surface area contributed by atoms with E-state index in [4.69, 9.17) is 0 Å². The third kappa shape index (κ3) is 5.20. The second-order valence-electron chi connectivity index (χ2n) is 12.1. The van der Waals surface area contributed by atoms with Crippen molar-refractivity contribution in [2.45, 2.75) is 52.8 Å². The van der Waals surface area contributed by atoms with Crippen LogP contribution in [-0.2, 0) is 32.2 Å². The van der Waals surface area contributed by atoms with Crippen LogP contribution in [-0.4, -0.2) is 52.2 Å². The fraction of sp³-hybridized carbons (Fsp3) is 0.344. The second kappa shape index (κ2) is 11.1. The van der Waals surface area contributed by atoms with Gasteiger partial charge in [0.15, 0.2) is 5.82 Å². The molecule has 0 radical (unpaired) electrons. The minimum atomic E-state index is -0.618. The van der Waals surface area contributed by atoms with Crippen molar-refractivity contribution < 1.29 is 9.50 Å². The number of rotatable bonds is 6. The van der Waals surface area contributed by atoms with Crippen molar-refractivity contribution in [3.05, 3.63) is 92.1 Å². The molecule has 0 spiro atoms. The fourth-order valence-electron chi connectivity index (χ4n) is 5.63. The number of pyridine rings is 2. The molecule has 12 heteroatoms. The molecule has 0 saturated carbocycles. The predicted octanol–water partition coefficient (Wildman–Crippen LogP) is 3.85. The lowest BCUT2D eigenvalue weighted by molar-refractivity contribution is 0.224. The van der Waals surface area contributed by atoms with Crippen molar-refractivity contribution in [2.75, 3.05) is 18.4 Å². The number of fused-ring (bicyclic) bond motifs is 2. The third-order valence-electron chi connectivity index (χ3n) is 8.17. The van der Waals surface area contributed by atoms with Crippen molar-refractivity contribution in [1.82, 2.24) is 34.0 Å². The Labute approximate surface area is 253 Å². The van der Waals surface area contributed by atoms with Gasteiger partial charge in [-0.2, -0.15) is 10.2 Å². The number of aromatic nitrogens is 6. The molecule has 6 rings (SSSR count). The number of aliphatic hydroxyl groups is 1. The first kappa shape index (κ1) is 29.4. The van der Waals surface area contributed by atoms with Gasteiger partial charge >= 0.3 is 0 Å². The zero-order valence-corrected chi connectivity index (χ0v) is 25.4. The van der Waals surface area contributed by atoms with Crippen molar-refractivity contribution in [3.63, 3.8) is 0 Å². The second-order valence-corrected chi connectivity index (χ2v) is 12.1. The van der Waals surface area contributed by atoms with Crippen LogP contribution in [0.2, 0.25) is 0 Å². The summed E-state index contributed by atoms with van der Waals surface area (Å²) in [6, 6.07) is 10.1. The Morgan fingerprint density at radius 2 is 1.84 bits per heavy atom. The number of anilines is 2. The van der Waals surface area contributed by atoms with Gasteiger partial charge < -0.3 is 10.4 Å². The number of halogens is 1. The van der Waals surface area contributed by atoms with Crippen LogP contribution in [0.25, 0.3) is 27.8 Å². The smallest absolute Gasteiger partial charge is 0.290 e. The van der Waals surface area contributed by atoms with Crippen LogP contribution in [0.15, 0.2) is 58.4 Å². The van der Waals surface area contributed by atoms with E-state index in [0.29, 0.717) is 28.0 Å². The predicted molar refractivity (Wildman–Crippen MR) is 167 cm³/mol.